The highest BCUT2D eigenvalue weighted by Gasteiger charge is 2.36. The Kier molecular flexibility index (Phi) is 9.62. The van der Waals surface area contributed by atoms with Gasteiger partial charge < -0.3 is 24.4 Å². The molecule has 1 N–H and O–H groups in total. The van der Waals surface area contributed by atoms with Gasteiger partial charge in [0.25, 0.3) is 0 Å². The van der Waals surface area contributed by atoms with Crippen molar-refractivity contribution < 1.29 is 27.8 Å². The smallest absolute Gasteiger partial charge is 0.410 e. The molecule has 1 aliphatic heterocycles. The van der Waals surface area contributed by atoms with Gasteiger partial charge in [-0.25, -0.2) is 23.5 Å². The molecule has 1 amide bonds. The summed E-state index contributed by atoms with van der Waals surface area (Å²) in [6.07, 6.45) is 3.47. The Balaban J connectivity index is 1.41. The molecule has 43 heavy (non-hydrogen) atoms. The third-order valence-electron chi connectivity index (χ3n) is 7.33. The van der Waals surface area contributed by atoms with Crippen molar-refractivity contribution in [2.75, 3.05) is 37.5 Å². The van der Waals surface area contributed by atoms with Crippen LogP contribution in [-0.4, -0.2) is 66.0 Å². The molecule has 2 aromatic carbocycles. The summed E-state index contributed by atoms with van der Waals surface area (Å²) >= 11 is 0. The molecule has 0 bridgehead atoms. The molecule has 3 aromatic rings. The molecule has 0 radical (unpaired) electrons. The van der Waals surface area contributed by atoms with Crippen LogP contribution in [-0.2, 0) is 17.6 Å². The fourth-order valence-corrected chi connectivity index (χ4v) is 5.33. The van der Waals surface area contributed by atoms with E-state index < -0.39 is 17.2 Å². The Morgan fingerprint density at radius 1 is 0.977 bits per heavy atom. The molecule has 1 aliphatic rings. The van der Waals surface area contributed by atoms with E-state index >= 15 is 0 Å². The molecular weight excluding hydrogens is 556 g/mol. The first-order valence-electron chi connectivity index (χ1n) is 14.3. The minimum atomic E-state index is -0.684. The minimum absolute atomic E-state index is 0.0127. The average Bonchev–Trinajstić information content (AvgIpc) is 2.94. The van der Waals surface area contributed by atoms with E-state index in [-0.39, 0.29) is 35.9 Å². The molecule has 11 heteroatoms. The summed E-state index contributed by atoms with van der Waals surface area (Å²) in [6.45, 7) is 12.5. The zero-order chi connectivity index (χ0) is 31.5. The number of carbonyl (C=O) groups excluding carboxylic acids is 1. The quantitative estimate of drug-likeness (QED) is 0.317. The monoisotopic (exact) mass is 597 g/mol. The number of nitrogens with zero attached hydrogens (tertiary/aromatic N) is 4. The highest BCUT2D eigenvalue weighted by atomic mass is 19.1. The first-order valence-corrected chi connectivity index (χ1v) is 14.3. The number of hydrogen-bond acceptors (Lipinski definition) is 8. The van der Waals surface area contributed by atoms with Gasteiger partial charge >= 0.3 is 6.09 Å². The van der Waals surface area contributed by atoms with Crippen molar-refractivity contribution in [2.24, 2.45) is 0 Å². The standard InChI is InChI=1S/C32H41F2N5O4/c1-19-13-27(42-8)29(34)24(28(19)33)11-9-22-15-35-30(36-16-22)37-23-10-12-25(26(14-23)41-7)38-17-20(2)39(21(3)18-38)31(40)43-32(4,5)6/h10,12-16,20-21H,9,11,17-18H2,1-8H3,(H,35,36,37)/t20-,21+. The molecule has 0 unspecified atom stereocenters. The fourth-order valence-electron chi connectivity index (χ4n) is 5.33. The number of ether oxygens (including phenoxy) is 3. The molecule has 0 aliphatic carbocycles. The van der Waals surface area contributed by atoms with Gasteiger partial charge in [-0.1, -0.05) is 0 Å². The van der Waals surface area contributed by atoms with Crippen molar-refractivity contribution >= 4 is 23.4 Å². The van der Waals surface area contributed by atoms with E-state index in [0.29, 0.717) is 36.8 Å². The first-order chi connectivity index (χ1) is 20.3. The van der Waals surface area contributed by atoms with Crippen LogP contribution < -0.4 is 19.7 Å². The second-order valence-electron chi connectivity index (χ2n) is 11.9. The summed E-state index contributed by atoms with van der Waals surface area (Å²) in [5, 5.41) is 3.19. The van der Waals surface area contributed by atoms with Crippen LogP contribution in [0, 0.1) is 18.6 Å². The Hall–Kier alpha value is -4.15. The number of amides is 1. The molecule has 1 saturated heterocycles. The largest absolute Gasteiger partial charge is 0.495 e. The molecule has 4 rings (SSSR count). The maximum atomic E-state index is 14.6. The normalized spacial score (nSPS) is 17.1. The van der Waals surface area contributed by atoms with E-state index in [0.717, 1.165) is 16.9 Å². The number of hydrogen-bond donors (Lipinski definition) is 1. The minimum Gasteiger partial charge on any atom is -0.495 e. The number of piperazine rings is 1. The first kappa shape index (κ1) is 31.8. The second kappa shape index (κ2) is 13.0. The van der Waals surface area contributed by atoms with Crippen LogP contribution in [0.2, 0.25) is 0 Å². The third-order valence-corrected chi connectivity index (χ3v) is 7.33. The summed E-state index contributed by atoms with van der Waals surface area (Å²) < 4.78 is 45.6. The van der Waals surface area contributed by atoms with Crippen molar-refractivity contribution in [1.82, 2.24) is 14.9 Å². The predicted octanol–water partition coefficient (Wildman–Crippen LogP) is 6.44. The Morgan fingerprint density at radius 2 is 1.60 bits per heavy atom. The summed E-state index contributed by atoms with van der Waals surface area (Å²) in [5.41, 5.74) is 2.15. The van der Waals surface area contributed by atoms with Gasteiger partial charge in [-0.15, -0.1) is 0 Å². The highest BCUT2D eigenvalue weighted by Crippen LogP contribution is 2.35. The molecule has 9 nitrogen and oxygen atoms in total. The number of methoxy groups -OCH3 is 2. The third kappa shape index (κ3) is 7.44. The van der Waals surface area contributed by atoms with E-state index in [1.54, 1.807) is 31.3 Å². The average molecular weight is 598 g/mol. The van der Waals surface area contributed by atoms with Crippen molar-refractivity contribution in [3.63, 3.8) is 0 Å². The zero-order valence-electron chi connectivity index (χ0n) is 26.1. The van der Waals surface area contributed by atoms with E-state index in [4.69, 9.17) is 14.2 Å². The van der Waals surface area contributed by atoms with Gasteiger partial charge in [-0.05, 0) is 83.7 Å². The molecule has 232 valence electrons. The topological polar surface area (TPSA) is 89.0 Å². The molecule has 1 fully saturated rings. The number of nitrogens with one attached hydrogen (secondary N) is 1. The van der Waals surface area contributed by atoms with Crippen LogP contribution in [0.3, 0.4) is 0 Å². The van der Waals surface area contributed by atoms with Gasteiger partial charge in [0.05, 0.1) is 32.0 Å². The maximum absolute atomic E-state index is 14.6. The number of aromatic nitrogens is 2. The SMILES string of the molecule is COc1cc(Nc2ncc(CCc3c(F)c(C)cc(OC)c3F)cn2)ccc1N1C[C@@H](C)N(C(=O)OC(C)(C)C)[C@@H](C)C1. The number of aryl methyl sites for hydroxylation is 2. The van der Waals surface area contributed by atoms with E-state index in [1.165, 1.54) is 13.2 Å². The van der Waals surface area contributed by atoms with Crippen molar-refractivity contribution in [3.05, 3.63) is 65.0 Å². The van der Waals surface area contributed by atoms with Crippen LogP contribution in [0.1, 0.15) is 51.3 Å². The number of halogens is 2. The lowest BCUT2D eigenvalue weighted by atomic mass is 10.0. The van der Waals surface area contributed by atoms with E-state index in [2.05, 4.69) is 20.2 Å². The summed E-state index contributed by atoms with van der Waals surface area (Å²) in [6, 6.07) is 6.99. The molecule has 0 spiro atoms. The van der Waals surface area contributed by atoms with Gasteiger partial charge in [0.2, 0.25) is 5.95 Å². The van der Waals surface area contributed by atoms with Crippen molar-refractivity contribution in [2.45, 2.75) is 72.1 Å². The van der Waals surface area contributed by atoms with Crippen LogP contribution in [0.15, 0.2) is 36.7 Å². The van der Waals surface area contributed by atoms with Gasteiger partial charge in [0, 0.05) is 42.8 Å². The zero-order valence-corrected chi connectivity index (χ0v) is 26.1. The maximum Gasteiger partial charge on any atom is 0.410 e. The predicted molar refractivity (Wildman–Crippen MR) is 163 cm³/mol. The molecule has 0 saturated carbocycles. The van der Waals surface area contributed by atoms with Crippen LogP contribution in [0.25, 0.3) is 0 Å². The lowest BCUT2D eigenvalue weighted by molar-refractivity contribution is 0.00564. The van der Waals surface area contributed by atoms with E-state index in [1.807, 2.05) is 52.8 Å². The van der Waals surface area contributed by atoms with E-state index in [9.17, 15) is 13.6 Å². The van der Waals surface area contributed by atoms with Gasteiger partial charge in [-0.3, -0.25) is 4.90 Å². The Labute approximate surface area is 252 Å². The lowest BCUT2D eigenvalue weighted by Gasteiger charge is -2.45. The number of anilines is 3. The second-order valence-corrected chi connectivity index (χ2v) is 11.9. The van der Waals surface area contributed by atoms with Crippen molar-refractivity contribution in [3.8, 4) is 11.5 Å². The molecule has 2 atom stereocenters. The molecule has 2 heterocycles. The summed E-state index contributed by atoms with van der Waals surface area (Å²) in [5.74, 6) is -0.177. The van der Waals surface area contributed by atoms with Gasteiger partial charge in [0.1, 0.15) is 17.2 Å². The summed E-state index contributed by atoms with van der Waals surface area (Å²) in [4.78, 5) is 25.6. The van der Waals surface area contributed by atoms with Crippen molar-refractivity contribution in [1.29, 1.82) is 0 Å². The van der Waals surface area contributed by atoms with Crippen LogP contribution in [0.4, 0.5) is 30.9 Å². The number of rotatable bonds is 8. The molecular formula is C32H41F2N5O4. The van der Waals surface area contributed by atoms with Gasteiger partial charge in [-0.2, -0.15) is 0 Å². The van der Waals surface area contributed by atoms with Gasteiger partial charge in [0.15, 0.2) is 11.6 Å². The molecule has 1 aromatic heterocycles. The van der Waals surface area contributed by atoms with Crippen LogP contribution in [0.5, 0.6) is 11.5 Å². The fraction of sp³-hybridized carbons (Fsp3) is 0.469. The number of carbonyl (C=O) groups is 1. The highest BCUT2D eigenvalue weighted by molar-refractivity contribution is 5.71. The summed E-state index contributed by atoms with van der Waals surface area (Å²) in [7, 11) is 2.98. The lowest BCUT2D eigenvalue weighted by Crippen LogP contribution is -2.59. The Bertz CT molecular complexity index is 1430. The van der Waals surface area contributed by atoms with Crippen LogP contribution >= 0.6 is 0 Å². The number of benzene rings is 2. The Morgan fingerprint density at radius 3 is 2.19 bits per heavy atom.